The molecule has 0 spiro atoms. The van der Waals surface area contributed by atoms with E-state index in [1.807, 2.05) is 18.2 Å². The molecule has 0 radical (unpaired) electrons. The van der Waals surface area contributed by atoms with Crippen LogP contribution in [-0.2, 0) is 16.8 Å². The van der Waals surface area contributed by atoms with Gasteiger partial charge >= 0.3 is 0 Å². The van der Waals surface area contributed by atoms with Crippen LogP contribution < -0.4 is 15.8 Å². The summed E-state index contributed by atoms with van der Waals surface area (Å²) >= 11 is 0. The molecule has 4 heteroatoms. The lowest BCUT2D eigenvalue weighted by molar-refractivity contribution is -0.126. The number of ether oxygens (including phenoxy) is 1. The van der Waals surface area contributed by atoms with Crippen molar-refractivity contribution >= 4 is 5.91 Å². The molecule has 1 aromatic rings. The van der Waals surface area contributed by atoms with Crippen LogP contribution in [0.5, 0.6) is 5.75 Å². The van der Waals surface area contributed by atoms with Gasteiger partial charge in [0.15, 0.2) is 0 Å². The Morgan fingerprint density at radius 3 is 3.00 bits per heavy atom. The molecule has 2 aliphatic rings. The Labute approximate surface area is 125 Å². The highest BCUT2D eigenvalue weighted by Gasteiger charge is 2.42. The highest BCUT2D eigenvalue weighted by Crippen LogP contribution is 2.39. The highest BCUT2D eigenvalue weighted by molar-refractivity contribution is 5.89. The van der Waals surface area contributed by atoms with Gasteiger partial charge in [-0.25, -0.2) is 0 Å². The Balaban J connectivity index is 1.78. The lowest BCUT2D eigenvalue weighted by Crippen LogP contribution is -2.50. The van der Waals surface area contributed by atoms with Crippen LogP contribution in [0, 0.1) is 0 Å². The minimum Gasteiger partial charge on any atom is -0.496 e. The first kappa shape index (κ1) is 14.1. The maximum Gasteiger partial charge on any atom is 0.244 e. The van der Waals surface area contributed by atoms with E-state index in [4.69, 9.17) is 10.5 Å². The van der Waals surface area contributed by atoms with Crippen molar-refractivity contribution in [3.63, 3.8) is 0 Å². The molecule has 0 saturated carbocycles. The summed E-state index contributed by atoms with van der Waals surface area (Å²) in [5, 5.41) is 3.01. The van der Waals surface area contributed by atoms with Gasteiger partial charge in [-0.1, -0.05) is 23.8 Å². The van der Waals surface area contributed by atoms with Gasteiger partial charge in [-0.05, 0) is 49.3 Å². The highest BCUT2D eigenvalue weighted by atomic mass is 16.5. The zero-order chi connectivity index (χ0) is 14.9. The SMILES string of the molecule is COc1cccc2c1CCC2(N)C(=O)NCC1=CCCC1. The summed E-state index contributed by atoms with van der Waals surface area (Å²) in [6, 6.07) is 5.77. The van der Waals surface area contributed by atoms with Crippen molar-refractivity contribution < 1.29 is 9.53 Å². The standard InChI is InChI=1S/C17H22N2O2/c1-21-15-8-4-7-14-13(15)9-10-17(14,18)16(20)19-11-12-5-2-3-6-12/h4-5,7-8H,2-3,6,9-11,18H2,1H3,(H,19,20). The number of methoxy groups -OCH3 is 1. The number of carbonyl (C=O) groups excluding carboxylic acids is 1. The second-order valence-corrected chi connectivity index (χ2v) is 5.90. The predicted octanol–water partition coefficient (Wildman–Crippen LogP) is 2.02. The van der Waals surface area contributed by atoms with Gasteiger partial charge in [-0.3, -0.25) is 4.79 Å². The third-order valence-corrected chi connectivity index (χ3v) is 4.62. The number of rotatable bonds is 4. The number of nitrogens with one attached hydrogen (secondary N) is 1. The van der Waals surface area contributed by atoms with Gasteiger partial charge in [0.25, 0.3) is 0 Å². The molecule has 0 heterocycles. The first-order valence-electron chi connectivity index (χ1n) is 7.56. The Hall–Kier alpha value is -1.81. The summed E-state index contributed by atoms with van der Waals surface area (Å²) in [4.78, 5) is 12.6. The van der Waals surface area contributed by atoms with E-state index in [1.54, 1.807) is 7.11 Å². The molecule has 1 aromatic carbocycles. The lowest BCUT2D eigenvalue weighted by Gasteiger charge is -2.24. The Morgan fingerprint density at radius 2 is 2.29 bits per heavy atom. The maximum absolute atomic E-state index is 12.6. The van der Waals surface area contributed by atoms with Crippen LogP contribution in [0.3, 0.4) is 0 Å². The molecule has 1 amide bonds. The molecule has 3 rings (SSSR count). The summed E-state index contributed by atoms with van der Waals surface area (Å²) in [6.45, 7) is 0.622. The molecule has 2 aliphatic carbocycles. The van der Waals surface area contributed by atoms with Gasteiger partial charge in [0.2, 0.25) is 5.91 Å². The van der Waals surface area contributed by atoms with Crippen molar-refractivity contribution in [1.29, 1.82) is 0 Å². The van der Waals surface area contributed by atoms with Crippen molar-refractivity contribution in [3.8, 4) is 5.75 Å². The zero-order valence-corrected chi connectivity index (χ0v) is 12.4. The van der Waals surface area contributed by atoms with Crippen LogP contribution >= 0.6 is 0 Å². The largest absolute Gasteiger partial charge is 0.496 e. The lowest BCUT2D eigenvalue weighted by atomic mass is 9.91. The smallest absolute Gasteiger partial charge is 0.244 e. The normalized spacial score (nSPS) is 23.6. The first-order valence-corrected chi connectivity index (χ1v) is 7.56. The molecule has 4 nitrogen and oxygen atoms in total. The summed E-state index contributed by atoms with van der Waals surface area (Å²) in [6.07, 6.45) is 7.04. The Kier molecular flexibility index (Phi) is 3.72. The van der Waals surface area contributed by atoms with Crippen LogP contribution in [0.2, 0.25) is 0 Å². The number of hydrogen-bond acceptors (Lipinski definition) is 3. The van der Waals surface area contributed by atoms with E-state index in [-0.39, 0.29) is 5.91 Å². The molecule has 112 valence electrons. The summed E-state index contributed by atoms with van der Waals surface area (Å²) in [7, 11) is 1.65. The third kappa shape index (κ3) is 2.44. The fourth-order valence-electron chi connectivity index (χ4n) is 3.37. The second kappa shape index (κ2) is 5.53. The second-order valence-electron chi connectivity index (χ2n) is 5.90. The minimum absolute atomic E-state index is 0.0812. The van der Waals surface area contributed by atoms with Crippen LogP contribution in [0.25, 0.3) is 0 Å². The minimum atomic E-state index is -0.928. The molecule has 1 unspecified atom stereocenters. The van der Waals surface area contributed by atoms with Gasteiger partial charge < -0.3 is 15.8 Å². The van der Waals surface area contributed by atoms with E-state index in [9.17, 15) is 4.79 Å². The zero-order valence-electron chi connectivity index (χ0n) is 12.4. The van der Waals surface area contributed by atoms with Crippen LogP contribution in [0.15, 0.2) is 29.8 Å². The number of hydrogen-bond donors (Lipinski definition) is 2. The third-order valence-electron chi connectivity index (χ3n) is 4.62. The molecule has 0 aromatic heterocycles. The first-order chi connectivity index (χ1) is 10.1. The summed E-state index contributed by atoms with van der Waals surface area (Å²) in [5.74, 6) is 0.744. The molecule has 0 bridgehead atoms. The monoisotopic (exact) mass is 286 g/mol. The van der Waals surface area contributed by atoms with Gasteiger partial charge in [-0.15, -0.1) is 0 Å². The van der Waals surface area contributed by atoms with E-state index < -0.39 is 5.54 Å². The number of allylic oxidation sites excluding steroid dienone is 1. The molecule has 0 aliphatic heterocycles. The molecular weight excluding hydrogens is 264 g/mol. The fraction of sp³-hybridized carbons (Fsp3) is 0.471. The number of benzene rings is 1. The van der Waals surface area contributed by atoms with Crippen molar-refractivity contribution in [2.45, 2.75) is 37.6 Å². The quantitative estimate of drug-likeness (QED) is 0.832. The van der Waals surface area contributed by atoms with Crippen LogP contribution in [0.1, 0.15) is 36.8 Å². The predicted molar refractivity (Wildman–Crippen MR) is 82.1 cm³/mol. The molecule has 0 fully saturated rings. The van der Waals surface area contributed by atoms with E-state index in [0.29, 0.717) is 13.0 Å². The average Bonchev–Trinajstić information content (AvgIpc) is 3.13. The molecule has 1 atom stereocenters. The van der Waals surface area contributed by atoms with E-state index in [2.05, 4.69) is 11.4 Å². The van der Waals surface area contributed by atoms with Crippen molar-refractivity contribution in [2.24, 2.45) is 5.73 Å². The Morgan fingerprint density at radius 1 is 1.43 bits per heavy atom. The van der Waals surface area contributed by atoms with Crippen molar-refractivity contribution in [1.82, 2.24) is 5.32 Å². The summed E-state index contributed by atoms with van der Waals surface area (Å²) < 4.78 is 5.37. The maximum atomic E-state index is 12.6. The van der Waals surface area contributed by atoms with E-state index >= 15 is 0 Å². The average molecular weight is 286 g/mol. The van der Waals surface area contributed by atoms with E-state index in [0.717, 1.165) is 36.1 Å². The van der Waals surface area contributed by atoms with Gasteiger partial charge in [-0.2, -0.15) is 0 Å². The number of carbonyl (C=O) groups is 1. The number of amides is 1. The molecule has 0 saturated heterocycles. The van der Waals surface area contributed by atoms with Gasteiger partial charge in [0, 0.05) is 6.54 Å². The van der Waals surface area contributed by atoms with Crippen LogP contribution in [-0.4, -0.2) is 19.6 Å². The number of fused-ring (bicyclic) bond motifs is 1. The fourth-order valence-corrected chi connectivity index (χ4v) is 3.37. The van der Waals surface area contributed by atoms with Crippen LogP contribution in [0.4, 0.5) is 0 Å². The van der Waals surface area contributed by atoms with Crippen molar-refractivity contribution in [3.05, 3.63) is 41.0 Å². The topological polar surface area (TPSA) is 64.3 Å². The molecule has 21 heavy (non-hydrogen) atoms. The molecular formula is C17H22N2O2. The van der Waals surface area contributed by atoms with Crippen molar-refractivity contribution in [2.75, 3.05) is 13.7 Å². The van der Waals surface area contributed by atoms with Gasteiger partial charge in [0.05, 0.1) is 7.11 Å². The van der Waals surface area contributed by atoms with Gasteiger partial charge in [0.1, 0.15) is 11.3 Å². The Bertz CT molecular complexity index is 594. The van der Waals surface area contributed by atoms with E-state index in [1.165, 1.54) is 12.0 Å². The molecule has 3 N–H and O–H groups in total. The summed E-state index contributed by atoms with van der Waals surface area (Å²) in [5.41, 5.74) is 8.79. The number of nitrogens with two attached hydrogens (primary N) is 1.